The van der Waals surface area contributed by atoms with Crippen molar-refractivity contribution in [2.75, 3.05) is 11.6 Å². The molecule has 1 aliphatic rings. The second-order valence-electron chi connectivity index (χ2n) is 6.05. The number of carbonyl (C=O) groups excluding carboxylic acids is 2. The number of carboxylic acid groups (broad SMARTS) is 1. The average Bonchev–Trinajstić information content (AvgIpc) is 3.03. The lowest BCUT2D eigenvalue weighted by molar-refractivity contribution is -0.125. The summed E-state index contributed by atoms with van der Waals surface area (Å²) in [5.41, 5.74) is -0.158. The molecule has 1 aliphatic heterocycles. The summed E-state index contributed by atoms with van der Waals surface area (Å²) < 4.78 is 0. The highest BCUT2D eigenvalue weighted by atomic mass is 32.2. The number of pyridine rings is 1. The first-order valence-electron chi connectivity index (χ1n) is 7.70. The Morgan fingerprint density at radius 2 is 1.96 bits per heavy atom. The van der Waals surface area contributed by atoms with Crippen molar-refractivity contribution in [2.45, 2.75) is 32.9 Å². The van der Waals surface area contributed by atoms with E-state index in [1.807, 2.05) is 20.8 Å². The van der Waals surface area contributed by atoms with Crippen LogP contribution in [0.25, 0.3) is 0 Å². The van der Waals surface area contributed by atoms with Crippen LogP contribution in [-0.4, -0.2) is 56.5 Å². The van der Waals surface area contributed by atoms with Crippen molar-refractivity contribution in [3.8, 4) is 0 Å². The van der Waals surface area contributed by atoms with Crippen LogP contribution in [0.3, 0.4) is 0 Å². The Balaban J connectivity index is 2.15. The van der Waals surface area contributed by atoms with Crippen LogP contribution in [0.4, 0.5) is 0 Å². The summed E-state index contributed by atoms with van der Waals surface area (Å²) in [5, 5.41) is 11.9. The highest BCUT2D eigenvalue weighted by Gasteiger charge is 2.36. The summed E-state index contributed by atoms with van der Waals surface area (Å²) in [4.78, 5) is 41.4. The van der Waals surface area contributed by atoms with Crippen molar-refractivity contribution in [2.24, 2.45) is 5.92 Å². The van der Waals surface area contributed by atoms with E-state index < -0.39 is 17.9 Å². The van der Waals surface area contributed by atoms with Crippen molar-refractivity contribution in [1.29, 1.82) is 0 Å². The Bertz CT molecular complexity index is 650. The van der Waals surface area contributed by atoms with E-state index in [9.17, 15) is 14.4 Å². The van der Waals surface area contributed by atoms with E-state index in [0.717, 1.165) is 0 Å². The first kappa shape index (κ1) is 18.3. The smallest absolute Gasteiger partial charge is 0.354 e. The van der Waals surface area contributed by atoms with Gasteiger partial charge in [-0.3, -0.25) is 9.59 Å². The summed E-state index contributed by atoms with van der Waals surface area (Å²) in [6.45, 7) is 5.95. The summed E-state index contributed by atoms with van der Waals surface area (Å²) in [6.07, 6.45) is 0. The van der Waals surface area contributed by atoms with Gasteiger partial charge >= 0.3 is 5.97 Å². The molecule has 2 heterocycles. The number of aromatic carboxylic acids is 1. The molecule has 2 rings (SSSR count). The quantitative estimate of drug-likeness (QED) is 0.833. The molecular weight excluding hydrogens is 330 g/mol. The van der Waals surface area contributed by atoms with Crippen LogP contribution in [0.1, 0.15) is 41.7 Å². The highest BCUT2D eigenvalue weighted by Crippen LogP contribution is 2.23. The Labute approximate surface area is 144 Å². The summed E-state index contributed by atoms with van der Waals surface area (Å²) in [6, 6.07) is 3.70. The normalized spacial score (nSPS) is 18.5. The topological polar surface area (TPSA) is 99.6 Å². The Morgan fingerprint density at radius 3 is 2.58 bits per heavy atom. The lowest BCUT2D eigenvalue weighted by atomic mass is 10.1. The molecule has 1 aromatic rings. The van der Waals surface area contributed by atoms with Gasteiger partial charge in [-0.15, -0.1) is 11.8 Å². The van der Waals surface area contributed by atoms with E-state index in [1.165, 1.54) is 34.9 Å². The molecular formula is C16H21N3O4S. The van der Waals surface area contributed by atoms with Gasteiger partial charge in [-0.25, -0.2) is 9.78 Å². The molecule has 0 spiro atoms. The largest absolute Gasteiger partial charge is 0.477 e. The number of carbonyl (C=O) groups is 3. The fraction of sp³-hybridized carbons (Fsp3) is 0.500. The van der Waals surface area contributed by atoms with Crippen LogP contribution in [0.5, 0.6) is 0 Å². The number of hydrogen-bond donors (Lipinski definition) is 2. The SMILES string of the molecule is CC(C)C(C)NC(=O)C1CSCN1C(=O)c1cccc(C(=O)O)n1. The molecule has 8 heteroatoms. The van der Waals surface area contributed by atoms with Gasteiger partial charge in [0, 0.05) is 11.8 Å². The molecule has 2 N–H and O–H groups in total. The molecule has 2 atom stereocenters. The Morgan fingerprint density at radius 1 is 1.29 bits per heavy atom. The zero-order valence-electron chi connectivity index (χ0n) is 13.9. The van der Waals surface area contributed by atoms with Gasteiger partial charge in [-0.2, -0.15) is 0 Å². The van der Waals surface area contributed by atoms with Gasteiger partial charge in [-0.05, 0) is 25.0 Å². The Hall–Kier alpha value is -2.09. The molecule has 1 aromatic heterocycles. The van der Waals surface area contributed by atoms with Crippen molar-refractivity contribution >= 4 is 29.5 Å². The van der Waals surface area contributed by atoms with E-state index in [1.54, 1.807) is 0 Å². The first-order chi connectivity index (χ1) is 11.3. The standard InChI is InChI=1S/C16H21N3O4S/c1-9(2)10(3)17-14(20)13-7-24-8-19(13)15(21)11-5-4-6-12(18-11)16(22)23/h4-6,9-10,13H,7-8H2,1-3H3,(H,17,20)(H,22,23). The van der Waals surface area contributed by atoms with Gasteiger partial charge in [0.05, 0.1) is 5.88 Å². The molecule has 0 bridgehead atoms. The van der Waals surface area contributed by atoms with Crippen LogP contribution >= 0.6 is 11.8 Å². The number of hydrogen-bond acceptors (Lipinski definition) is 5. The summed E-state index contributed by atoms with van der Waals surface area (Å²) in [5.74, 6) is -0.626. The fourth-order valence-corrected chi connectivity index (χ4v) is 3.32. The molecule has 7 nitrogen and oxygen atoms in total. The van der Waals surface area contributed by atoms with Crippen molar-refractivity contribution in [1.82, 2.24) is 15.2 Å². The van der Waals surface area contributed by atoms with Crippen molar-refractivity contribution in [3.05, 3.63) is 29.6 Å². The minimum Gasteiger partial charge on any atom is -0.477 e. The third-order valence-electron chi connectivity index (χ3n) is 4.00. The first-order valence-corrected chi connectivity index (χ1v) is 8.86. The molecule has 24 heavy (non-hydrogen) atoms. The van der Waals surface area contributed by atoms with Gasteiger partial charge in [0.15, 0.2) is 0 Å². The maximum atomic E-state index is 12.6. The zero-order chi connectivity index (χ0) is 17.9. The van der Waals surface area contributed by atoms with E-state index in [0.29, 0.717) is 17.5 Å². The van der Waals surface area contributed by atoms with Gasteiger partial charge in [0.25, 0.3) is 5.91 Å². The highest BCUT2D eigenvalue weighted by molar-refractivity contribution is 7.99. The van der Waals surface area contributed by atoms with E-state index in [2.05, 4.69) is 10.3 Å². The molecule has 1 fully saturated rings. The number of rotatable bonds is 5. The fourth-order valence-electron chi connectivity index (χ4n) is 2.17. The molecule has 130 valence electrons. The number of amides is 2. The molecule has 1 saturated heterocycles. The second-order valence-corrected chi connectivity index (χ2v) is 7.04. The minimum atomic E-state index is -1.19. The number of thioether (sulfide) groups is 1. The van der Waals surface area contributed by atoms with E-state index >= 15 is 0 Å². The lowest BCUT2D eigenvalue weighted by Gasteiger charge is -2.25. The maximum absolute atomic E-state index is 12.6. The number of aromatic nitrogens is 1. The number of nitrogens with one attached hydrogen (secondary N) is 1. The maximum Gasteiger partial charge on any atom is 0.354 e. The van der Waals surface area contributed by atoms with Gasteiger partial charge in [0.1, 0.15) is 17.4 Å². The molecule has 2 unspecified atom stereocenters. The molecule has 0 aromatic carbocycles. The number of nitrogens with zero attached hydrogens (tertiary/aromatic N) is 2. The van der Waals surface area contributed by atoms with Crippen LogP contribution in [0.2, 0.25) is 0 Å². The molecule has 0 saturated carbocycles. The average molecular weight is 351 g/mol. The molecule has 0 aliphatic carbocycles. The third-order valence-corrected chi connectivity index (χ3v) is 5.02. The second kappa shape index (κ2) is 7.65. The molecule has 0 radical (unpaired) electrons. The monoisotopic (exact) mass is 351 g/mol. The predicted molar refractivity (Wildman–Crippen MR) is 90.9 cm³/mol. The molecule has 2 amide bonds. The van der Waals surface area contributed by atoms with Crippen LogP contribution < -0.4 is 5.32 Å². The van der Waals surface area contributed by atoms with Gasteiger partial charge < -0.3 is 15.3 Å². The van der Waals surface area contributed by atoms with Crippen LogP contribution in [0.15, 0.2) is 18.2 Å². The van der Waals surface area contributed by atoms with Crippen LogP contribution in [0, 0.1) is 5.92 Å². The number of carboxylic acids is 1. The van der Waals surface area contributed by atoms with Crippen molar-refractivity contribution < 1.29 is 19.5 Å². The van der Waals surface area contributed by atoms with E-state index in [4.69, 9.17) is 5.11 Å². The van der Waals surface area contributed by atoms with Crippen LogP contribution in [-0.2, 0) is 4.79 Å². The third kappa shape index (κ3) is 4.05. The minimum absolute atomic E-state index is 0.00788. The van der Waals surface area contributed by atoms with Crippen molar-refractivity contribution in [3.63, 3.8) is 0 Å². The summed E-state index contributed by atoms with van der Waals surface area (Å²) >= 11 is 1.49. The van der Waals surface area contributed by atoms with Gasteiger partial charge in [-0.1, -0.05) is 19.9 Å². The predicted octanol–water partition coefficient (Wildman–Crippen LogP) is 1.46. The summed E-state index contributed by atoms with van der Waals surface area (Å²) in [7, 11) is 0. The zero-order valence-corrected chi connectivity index (χ0v) is 14.7. The van der Waals surface area contributed by atoms with E-state index in [-0.39, 0.29) is 23.3 Å². The van der Waals surface area contributed by atoms with Gasteiger partial charge in [0.2, 0.25) is 5.91 Å². The Kier molecular flexibility index (Phi) is 5.82. The lowest BCUT2D eigenvalue weighted by Crippen LogP contribution is -2.50.